The summed E-state index contributed by atoms with van der Waals surface area (Å²) in [5.41, 5.74) is 0.696. The summed E-state index contributed by atoms with van der Waals surface area (Å²) >= 11 is 4.27. The molecule has 0 saturated carbocycles. The average molecular weight is 450 g/mol. The molecule has 8 heteroatoms. The molecule has 6 nitrogen and oxygen atoms in total. The number of hydrogen-bond acceptors (Lipinski definition) is 6. The molecule has 0 radical (unpaired) electrons. The van der Waals surface area contributed by atoms with Gasteiger partial charge in [0.1, 0.15) is 30.5 Å². The first-order chi connectivity index (χ1) is 13.0. The number of thioether (sulfide) groups is 1. The number of methoxy groups -OCH3 is 1. The van der Waals surface area contributed by atoms with Gasteiger partial charge in [0.15, 0.2) is 0 Å². The topological polar surface area (TPSA) is 73.9 Å². The highest BCUT2D eigenvalue weighted by atomic mass is 79.9. The molecular weight excluding hydrogens is 434 g/mol. The number of amides is 2. The summed E-state index contributed by atoms with van der Waals surface area (Å²) in [5.74, 6) is 1.67. The van der Waals surface area contributed by atoms with Crippen LogP contribution in [-0.2, 0) is 4.79 Å². The first-order valence-electron chi connectivity index (χ1n) is 7.99. The number of halogens is 1. The Kier molecular flexibility index (Phi) is 6.41. The molecule has 0 atom stereocenters. The van der Waals surface area contributed by atoms with Crippen molar-refractivity contribution in [1.82, 2.24) is 5.32 Å². The van der Waals surface area contributed by atoms with Gasteiger partial charge in [0.25, 0.3) is 11.1 Å². The van der Waals surface area contributed by atoms with Crippen LogP contribution in [0.5, 0.6) is 17.2 Å². The molecule has 0 bridgehead atoms. The molecule has 1 saturated heterocycles. The second-order valence-corrected chi connectivity index (χ2v) is 7.34. The van der Waals surface area contributed by atoms with Crippen LogP contribution in [0.3, 0.4) is 0 Å². The molecule has 1 aliphatic rings. The van der Waals surface area contributed by atoms with E-state index in [2.05, 4.69) is 21.2 Å². The highest BCUT2D eigenvalue weighted by Crippen LogP contribution is 2.31. The van der Waals surface area contributed by atoms with Crippen LogP contribution in [0.1, 0.15) is 5.56 Å². The number of carbonyl (C=O) groups excluding carboxylic acids is 2. The number of ether oxygens (including phenoxy) is 3. The molecule has 2 aromatic rings. The van der Waals surface area contributed by atoms with Gasteiger partial charge in [-0.1, -0.05) is 15.9 Å². The smallest absolute Gasteiger partial charge is 0.290 e. The number of nitrogens with one attached hydrogen (secondary N) is 1. The van der Waals surface area contributed by atoms with Gasteiger partial charge in [0, 0.05) is 10.0 Å². The third kappa shape index (κ3) is 5.27. The minimum atomic E-state index is -0.404. The third-order valence-electron chi connectivity index (χ3n) is 3.57. The zero-order valence-electron chi connectivity index (χ0n) is 14.4. The predicted molar refractivity (Wildman–Crippen MR) is 107 cm³/mol. The number of carbonyl (C=O) groups is 2. The number of rotatable bonds is 7. The maximum atomic E-state index is 11.7. The van der Waals surface area contributed by atoms with Crippen LogP contribution in [-0.4, -0.2) is 31.5 Å². The molecular formula is C19H16BrNO5S. The highest BCUT2D eigenvalue weighted by Gasteiger charge is 2.25. The lowest BCUT2D eigenvalue weighted by Crippen LogP contribution is -2.17. The zero-order valence-corrected chi connectivity index (χ0v) is 16.8. The Labute approximate surface area is 169 Å². The van der Waals surface area contributed by atoms with Crippen LogP contribution in [0, 0.1) is 0 Å². The van der Waals surface area contributed by atoms with Crippen molar-refractivity contribution in [3.05, 3.63) is 57.4 Å². The fourth-order valence-electron chi connectivity index (χ4n) is 2.31. The van der Waals surface area contributed by atoms with E-state index in [4.69, 9.17) is 14.2 Å². The Balaban J connectivity index is 1.62. The van der Waals surface area contributed by atoms with Crippen molar-refractivity contribution in [2.45, 2.75) is 0 Å². The molecule has 3 rings (SSSR count). The Morgan fingerprint density at radius 3 is 2.41 bits per heavy atom. The van der Waals surface area contributed by atoms with Crippen molar-refractivity contribution in [2.24, 2.45) is 0 Å². The molecule has 0 spiro atoms. The molecule has 1 heterocycles. The van der Waals surface area contributed by atoms with Gasteiger partial charge in [0.2, 0.25) is 0 Å². The molecule has 2 aromatic carbocycles. The standard InChI is InChI=1S/C19H16BrNO5S/c1-24-14-3-5-15(6-4-14)25-8-9-26-16-7-2-13(20)10-12(16)11-17-18(22)21-19(23)27-17/h2-7,10-11H,8-9H2,1H3,(H,21,22,23)/b17-11-. The van der Waals surface area contributed by atoms with Crippen LogP contribution in [0.2, 0.25) is 0 Å². The van der Waals surface area contributed by atoms with Crippen LogP contribution >= 0.6 is 27.7 Å². The molecule has 140 valence electrons. The van der Waals surface area contributed by atoms with E-state index < -0.39 is 5.91 Å². The second-order valence-electron chi connectivity index (χ2n) is 5.41. The number of benzene rings is 2. The van der Waals surface area contributed by atoms with E-state index in [1.807, 2.05) is 36.4 Å². The van der Waals surface area contributed by atoms with Crippen LogP contribution in [0.25, 0.3) is 6.08 Å². The molecule has 0 unspecified atom stereocenters. The molecule has 1 fully saturated rings. The first-order valence-corrected chi connectivity index (χ1v) is 9.60. The van der Waals surface area contributed by atoms with E-state index in [1.54, 1.807) is 19.3 Å². The predicted octanol–water partition coefficient (Wildman–Crippen LogP) is 4.24. The lowest BCUT2D eigenvalue weighted by molar-refractivity contribution is -0.115. The van der Waals surface area contributed by atoms with Gasteiger partial charge >= 0.3 is 0 Å². The number of hydrogen-bond donors (Lipinski definition) is 1. The monoisotopic (exact) mass is 449 g/mol. The second kappa shape index (κ2) is 8.96. The zero-order chi connectivity index (χ0) is 19.2. The summed E-state index contributed by atoms with van der Waals surface area (Å²) in [5, 5.41) is 1.86. The largest absolute Gasteiger partial charge is 0.497 e. The summed E-state index contributed by atoms with van der Waals surface area (Å²) < 4.78 is 17.4. The van der Waals surface area contributed by atoms with Gasteiger partial charge in [-0.3, -0.25) is 14.9 Å². The summed E-state index contributed by atoms with van der Waals surface area (Å²) in [6.45, 7) is 0.675. The quantitative estimate of drug-likeness (QED) is 0.503. The fourth-order valence-corrected chi connectivity index (χ4v) is 3.36. The van der Waals surface area contributed by atoms with Crippen LogP contribution < -0.4 is 19.5 Å². The van der Waals surface area contributed by atoms with Gasteiger partial charge < -0.3 is 14.2 Å². The van der Waals surface area contributed by atoms with Crippen LogP contribution in [0.4, 0.5) is 4.79 Å². The van der Waals surface area contributed by atoms with Crippen molar-refractivity contribution in [2.75, 3.05) is 20.3 Å². The van der Waals surface area contributed by atoms with Crippen molar-refractivity contribution >= 4 is 44.9 Å². The van der Waals surface area contributed by atoms with Gasteiger partial charge in [0.05, 0.1) is 12.0 Å². The van der Waals surface area contributed by atoms with E-state index in [-0.39, 0.29) is 5.24 Å². The number of imide groups is 1. The van der Waals surface area contributed by atoms with Gasteiger partial charge in [-0.05, 0) is 60.3 Å². The van der Waals surface area contributed by atoms with Crippen molar-refractivity contribution in [3.8, 4) is 17.2 Å². The minimum Gasteiger partial charge on any atom is -0.497 e. The van der Waals surface area contributed by atoms with E-state index in [0.29, 0.717) is 29.4 Å². The van der Waals surface area contributed by atoms with Gasteiger partial charge in [-0.25, -0.2) is 0 Å². The highest BCUT2D eigenvalue weighted by molar-refractivity contribution is 9.10. The summed E-state index contributed by atoms with van der Waals surface area (Å²) in [6.07, 6.45) is 1.63. The average Bonchev–Trinajstić information content (AvgIpc) is 2.97. The fraction of sp³-hybridized carbons (Fsp3) is 0.158. The molecule has 0 aromatic heterocycles. The first kappa shape index (κ1) is 19.3. The maximum Gasteiger partial charge on any atom is 0.290 e. The summed E-state index contributed by atoms with van der Waals surface area (Å²) in [6, 6.07) is 12.7. The van der Waals surface area contributed by atoms with E-state index in [9.17, 15) is 9.59 Å². The SMILES string of the molecule is COc1ccc(OCCOc2ccc(Br)cc2/C=C2\SC(=O)NC2=O)cc1. The lowest BCUT2D eigenvalue weighted by Gasteiger charge is -2.11. The van der Waals surface area contributed by atoms with Gasteiger partial charge in [-0.15, -0.1) is 0 Å². The van der Waals surface area contributed by atoms with E-state index >= 15 is 0 Å². The molecule has 1 aliphatic heterocycles. The normalized spacial score (nSPS) is 15.0. The Hall–Kier alpha value is -2.45. The van der Waals surface area contributed by atoms with E-state index in [1.165, 1.54) is 0 Å². The van der Waals surface area contributed by atoms with E-state index in [0.717, 1.165) is 27.7 Å². The third-order valence-corrected chi connectivity index (χ3v) is 4.87. The van der Waals surface area contributed by atoms with Crippen LogP contribution in [0.15, 0.2) is 51.8 Å². The molecule has 2 amide bonds. The Morgan fingerprint density at radius 1 is 1.04 bits per heavy atom. The van der Waals surface area contributed by atoms with Crippen molar-refractivity contribution < 1.29 is 23.8 Å². The van der Waals surface area contributed by atoms with Crippen molar-refractivity contribution in [3.63, 3.8) is 0 Å². The molecule has 1 N–H and O–H groups in total. The maximum absolute atomic E-state index is 11.7. The summed E-state index contributed by atoms with van der Waals surface area (Å²) in [4.78, 5) is 23.4. The Morgan fingerprint density at radius 2 is 1.74 bits per heavy atom. The molecule has 27 heavy (non-hydrogen) atoms. The van der Waals surface area contributed by atoms with Gasteiger partial charge in [-0.2, -0.15) is 0 Å². The minimum absolute atomic E-state index is 0.322. The molecule has 0 aliphatic carbocycles. The lowest BCUT2D eigenvalue weighted by atomic mass is 10.2. The Bertz CT molecular complexity index is 882. The van der Waals surface area contributed by atoms with Crippen molar-refractivity contribution in [1.29, 1.82) is 0 Å². The summed E-state index contributed by atoms with van der Waals surface area (Å²) in [7, 11) is 1.61.